The summed E-state index contributed by atoms with van der Waals surface area (Å²) in [5.41, 5.74) is -0.0476. The fourth-order valence-electron chi connectivity index (χ4n) is 2.74. The molecule has 162 valence electrons. The summed E-state index contributed by atoms with van der Waals surface area (Å²) >= 11 is 5.97. The van der Waals surface area contributed by atoms with Crippen LogP contribution in [-0.4, -0.2) is 48.9 Å². The lowest BCUT2D eigenvalue weighted by Crippen LogP contribution is -2.44. The number of ether oxygens (including phenoxy) is 2. The first-order valence-corrected chi connectivity index (χ1v) is 11.2. The quantitative estimate of drug-likeness (QED) is 0.455. The monoisotopic (exact) mass is 480 g/mol. The number of carbonyl (C=O) groups is 2. The van der Waals surface area contributed by atoms with Gasteiger partial charge in [0, 0.05) is 0 Å². The number of hydrazine groups is 1. The summed E-state index contributed by atoms with van der Waals surface area (Å²) in [6.45, 7) is 0. The Labute approximate surface area is 187 Å². The number of amides is 1. The van der Waals surface area contributed by atoms with Gasteiger partial charge in [-0.1, -0.05) is 48.2 Å². The molecule has 31 heavy (non-hydrogen) atoms. The molecule has 3 rings (SSSR count). The summed E-state index contributed by atoms with van der Waals surface area (Å²) < 4.78 is 35.3. The summed E-state index contributed by atoms with van der Waals surface area (Å²) in [5, 5.41) is 10.4. The molecule has 1 aliphatic heterocycles. The van der Waals surface area contributed by atoms with Crippen molar-refractivity contribution in [3.05, 3.63) is 58.5 Å². The largest absolute Gasteiger partial charge is 0.493 e. The molecule has 2 N–H and O–H groups in total. The third-order valence-corrected chi connectivity index (χ3v) is 6.75. The van der Waals surface area contributed by atoms with Crippen molar-refractivity contribution in [1.82, 2.24) is 9.84 Å². The first-order chi connectivity index (χ1) is 14.7. The standard InChI is InChI=1S/C19H16N2O7S3/c1-27-13-9-8-11(15(18(23)24)16(13)28-2)10-14-17(22)21(19(29)30-14)20-31(25,26)12-6-4-3-5-7-12/h3-10,20H,1-2H3,(H,23,24)/b14-10+. The second kappa shape index (κ2) is 9.06. The number of rotatable bonds is 7. The molecule has 0 atom stereocenters. The molecule has 0 radical (unpaired) electrons. The topological polar surface area (TPSA) is 122 Å². The SMILES string of the molecule is COc1ccc(/C=C2/SC(=S)N(NS(=O)(=O)c3ccccc3)C2=O)c(C(=O)O)c1OC. The zero-order valence-corrected chi connectivity index (χ0v) is 18.6. The van der Waals surface area contributed by atoms with Crippen molar-refractivity contribution < 1.29 is 32.6 Å². The number of benzene rings is 2. The molecule has 1 heterocycles. The van der Waals surface area contributed by atoms with Crippen molar-refractivity contribution in [2.75, 3.05) is 14.2 Å². The van der Waals surface area contributed by atoms with E-state index in [1.807, 2.05) is 0 Å². The van der Waals surface area contributed by atoms with Crippen LogP contribution in [0.4, 0.5) is 0 Å². The van der Waals surface area contributed by atoms with E-state index in [-0.39, 0.29) is 36.7 Å². The first-order valence-electron chi connectivity index (χ1n) is 8.53. The Morgan fingerprint density at radius 3 is 2.42 bits per heavy atom. The number of methoxy groups -OCH3 is 2. The Balaban J connectivity index is 1.97. The molecule has 1 saturated heterocycles. The van der Waals surface area contributed by atoms with Crippen molar-refractivity contribution in [2.24, 2.45) is 0 Å². The Kier molecular flexibility index (Phi) is 6.65. The molecule has 0 bridgehead atoms. The molecule has 2 aromatic carbocycles. The lowest BCUT2D eigenvalue weighted by Gasteiger charge is -2.16. The normalized spacial score (nSPS) is 15.4. The van der Waals surface area contributed by atoms with Crippen LogP contribution in [0, 0.1) is 0 Å². The van der Waals surface area contributed by atoms with Gasteiger partial charge >= 0.3 is 5.97 Å². The van der Waals surface area contributed by atoms with Gasteiger partial charge in [0.1, 0.15) is 5.56 Å². The molecule has 0 aromatic heterocycles. The number of carbonyl (C=O) groups excluding carboxylic acids is 1. The van der Waals surface area contributed by atoms with E-state index in [1.54, 1.807) is 18.2 Å². The summed E-state index contributed by atoms with van der Waals surface area (Å²) in [7, 11) is -1.38. The maximum atomic E-state index is 12.8. The van der Waals surface area contributed by atoms with Gasteiger partial charge in [0.25, 0.3) is 15.9 Å². The van der Waals surface area contributed by atoms with E-state index in [1.165, 1.54) is 44.6 Å². The van der Waals surface area contributed by atoms with Crippen LogP contribution in [0.3, 0.4) is 0 Å². The number of sulfonamides is 1. The molecule has 0 spiro atoms. The molecular formula is C19H16N2O7S3. The molecule has 0 saturated carbocycles. The Morgan fingerprint density at radius 2 is 1.84 bits per heavy atom. The predicted octanol–water partition coefficient (Wildman–Crippen LogP) is 2.50. The Morgan fingerprint density at radius 1 is 1.16 bits per heavy atom. The van der Waals surface area contributed by atoms with E-state index < -0.39 is 21.9 Å². The van der Waals surface area contributed by atoms with Gasteiger partial charge in [-0.2, -0.15) is 0 Å². The van der Waals surface area contributed by atoms with Gasteiger partial charge in [-0.25, -0.2) is 18.2 Å². The highest BCUT2D eigenvalue weighted by Gasteiger charge is 2.36. The maximum absolute atomic E-state index is 12.8. The molecule has 2 aromatic rings. The van der Waals surface area contributed by atoms with E-state index in [9.17, 15) is 23.1 Å². The van der Waals surface area contributed by atoms with Crippen molar-refractivity contribution in [1.29, 1.82) is 0 Å². The number of nitrogens with zero attached hydrogens (tertiary/aromatic N) is 1. The molecule has 9 nitrogen and oxygen atoms in total. The van der Waals surface area contributed by atoms with Crippen LogP contribution >= 0.6 is 24.0 Å². The fourth-order valence-corrected chi connectivity index (χ4v) is 5.06. The van der Waals surface area contributed by atoms with Crippen LogP contribution in [-0.2, 0) is 14.8 Å². The fraction of sp³-hybridized carbons (Fsp3) is 0.105. The second-order valence-corrected chi connectivity index (χ2v) is 9.33. The number of carboxylic acids is 1. The summed E-state index contributed by atoms with van der Waals surface area (Å²) in [5.74, 6) is -1.83. The zero-order valence-electron chi connectivity index (χ0n) is 16.2. The van der Waals surface area contributed by atoms with Gasteiger partial charge in [-0.15, -0.1) is 4.83 Å². The highest BCUT2D eigenvalue weighted by Crippen LogP contribution is 2.37. The van der Waals surface area contributed by atoms with Gasteiger partial charge in [-0.3, -0.25) is 4.79 Å². The average molecular weight is 481 g/mol. The predicted molar refractivity (Wildman–Crippen MR) is 118 cm³/mol. The number of hydrogen-bond donors (Lipinski definition) is 2. The zero-order chi connectivity index (χ0) is 22.8. The highest BCUT2D eigenvalue weighted by atomic mass is 32.2. The van der Waals surface area contributed by atoms with Gasteiger partial charge in [0.2, 0.25) is 0 Å². The first kappa shape index (κ1) is 22.7. The molecule has 0 aliphatic carbocycles. The smallest absolute Gasteiger partial charge is 0.340 e. The van der Waals surface area contributed by atoms with Crippen molar-refractivity contribution in [3.8, 4) is 11.5 Å². The lowest BCUT2D eigenvalue weighted by molar-refractivity contribution is -0.123. The minimum atomic E-state index is -4.05. The Bertz CT molecular complexity index is 1190. The number of thiocarbonyl (C=S) groups is 1. The number of nitrogens with one attached hydrogen (secondary N) is 1. The van der Waals surface area contributed by atoms with E-state index in [2.05, 4.69) is 4.83 Å². The summed E-state index contributed by atoms with van der Waals surface area (Å²) in [6, 6.07) is 10.4. The van der Waals surface area contributed by atoms with E-state index >= 15 is 0 Å². The number of carboxylic acid groups (broad SMARTS) is 1. The van der Waals surface area contributed by atoms with E-state index in [0.717, 1.165) is 16.8 Å². The third-order valence-electron chi connectivity index (χ3n) is 4.14. The number of hydrogen-bond acceptors (Lipinski definition) is 8. The minimum Gasteiger partial charge on any atom is -0.493 e. The van der Waals surface area contributed by atoms with Crippen LogP contribution in [0.15, 0.2) is 52.3 Å². The van der Waals surface area contributed by atoms with E-state index in [4.69, 9.17) is 21.7 Å². The minimum absolute atomic E-state index is 0.0102. The highest BCUT2D eigenvalue weighted by molar-refractivity contribution is 8.26. The molecule has 1 aliphatic rings. The van der Waals surface area contributed by atoms with Gasteiger partial charge in [-0.05, 0) is 29.8 Å². The lowest BCUT2D eigenvalue weighted by atomic mass is 10.0. The van der Waals surface area contributed by atoms with Crippen LogP contribution in [0.2, 0.25) is 0 Å². The maximum Gasteiger partial charge on any atom is 0.340 e. The summed E-state index contributed by atoms with van der Waals surface area (Å²) in [6.07, 6.45) is 1.31. The second-order valence-electron chi connectivity index (χ2n) is 6.00. The number of aromatic carboxylic acids is 1. The van der Waals surface area contributed by atoms with E-state index in [0.29, 0.717) is 0 Å². The average Bonchev–Trinajstić information content (AvgIpc) is 3.00. The molecular weight excluding hydrogens is 464 g/mol. The van der Waals surface area contributed by atoms with Gasteiger partial charge in [0.05, 0.1) is 24.0 Å². The summed E-state index contributed by atoms with van der Waals surface area (Å²) in [4.78, 5) is 26.8. The van der Waals surface area contributed by atoms with Crippen LogP contribution in [0.1, 0.15) is 15.9 Å². The van der Waals surface area contributed by atoms with Crippen LogP contribution in [0.5, 0.6) is 11.5 Å². The van der Waals surface area contributed by atoms with Crippen molar-refractivity contribution in [2.45, 2.75) is 4.90 Å². The number of thioether (sulfide) groups is 1. The van der Waals surface area contributed by atoms with Crippen LogP contribution < -0.4 is 14.3 Å². The Hall–Kier alpha value is -2.93. The van der Waals surface area contributed by atoms with Gasteiger partial charge in [0.15, 0.2) is 15.8 Å². The van der Waals surface area contributed by atoms with Crippen molar-refractivity contribution >= 4 is 56.3 Å². The molecule has 0 unspecified atom stereocenters. The molecule has 12 heteroatoms. The van der Waals surface area contributed by atoms with Gasteiger partial charge < -0.3 is 14.6 Å². The molecule has 1 fully saturated rings. The van der Waals surface area contributed by atoms with Crippen molar-refractivity contribution in [3.63, 3.8) is 0 Å². The molecule has 1 amide bonds. The van der Waals surface area contributed by atoms with Crippen LogP contribution in [0.25, 0.3) is 6.08 Å². The third kappa shape index (κ3) is 4.56.